The minimum absolute atomic E-state index is 0.00151. The predicted molar refractivity (Wildman–Crippen MR) is 222 cm³/mol. The predicted octanol–water partition coefficient (Wildman–Crippen LogP) is 7.12. The molecule has 22 heteroatoms. The summed E-state index contributed by atoms with van der Waals surface area (Å²) in [6.07, 6.45) is -1.68. The molecule has 1 aliphatic heterocycles. The van der Waals surface area contributed by atoms with E-state index in [1.54, 1.807) is 12.1 Å². The Hall–Kier alpha value is -5.17. The first-order valence-corrected chi connectivity index (χ1v) is 23.9. The number of fused-ring (bicyclic) bond motifs is 4. The van der Waals surface area contributed by atoms with Crippen LogP contribution in [0.2, 0.25) is 5.02 Å². The maximum Gasteiger partial charge on any atom is 0.293 e. The Balaban J connectivity index is 1.22. The highest BCUT2D eigenvalue weighted by Crippen LogP contribution is 2.68. The molecule has 0 radical (unpaired) electrons. The summed E-state index contributed by atoms with van der Waals surface area (Å²) < 4.78 is 149. The third-order valence-corrected chi connectivity index (χ3v) is 15.7. The average molecular weight is 950 g/mol. The van der Waals surface area contributed by atoms with E-state index < -0.39 is 108 Å². The van der Waals surface area contributed by atoms with Crippen molar-refractivity contribution in [1.29, 1.82) is 0 Å². The summed E-state index contributed by atoms with van der Waals surface area (Å²) >= 11 is 6.74. The first kappa shape index (κ1) is 44.1. The monoisotopic (exact) mass is 949 g/mol. The minimum Gasteiger partial charge on any atom is -0.377 e. The summed E-state index contributed by atoms with van der Waals surface area (Å²) in [6, 6.07) is 6.91. The second-order valence-electron chi connectivity index (χ2n) is 17.1. The van der Waals surface area contributed by atoms with E-state index in [1.165, 1.54) is 30.7 Å². The molecule has 3 fully saturated rings. The Morgan fingerprint density at radius 3 is 2.33 bits per heavy atom. The number of halogens is 7. The van der Waals surface area contributed by atoms with Crippen LogP contribution in [0.5, 0.6) is 0 Å². The molecule has 2 saturated carbocycles. The maximum absolute atomic E-state index is 15.6. The van der Waals surface area contributed by atoms with Crippen molar-refractivity contribution in [3.63, 3.8) is 0 Å². The van der Waals surface area contributed by atoms with Crippen LogP contribution in [0.15, 0.2) is 42.5 Å². The lowest BCUT2D eigenvalue weighted by molar-refractivity contribution is -0.123. The standard InChI is InChI=1S/C42H38ClF6N7O6S2/c1-41(2,64(60,61)25-5-6-25)11-10-23-4-7-26(27-8-9-30(43)34-37(27)56(24-18-62-19-24)53-40(34)54-63(3,58)59)35(50-23)31(14-20-12-21(44)15-22(45)13-20)51-32(57)17-55-38-33(36(52-55)39(46)47)28-16-29(28)42(38,48)49/h4,7-9,12-13,15,24-25,28-29,31,39H,5-6,14,16-19H2,1-3H3,(H,51,57)(H,53,54)/t28?,29-,31+/m1/s1. The Bertz CT molecular complexity index is 3050. The van der Waals surface area contributed by atoms with E-state index in [-0.39, 0.29) is 63.9 Å². The van der Waals surface area contributed by atoms with E-state index in [0.717, 1.165) is 18.4 Å². The lowest BCUT2D eigenvalue weighted by Gasteiger charge is -2.28. The van der Waals surface area contributed by atoms with E-state index in [2.05, 4.69) is 32.1 Å². The first-order chi connectivity index (χ1) is 30.0. The summed E-state index contributed by atoms with van der Waals surface area (Å²) in [4.78, 5) is 19.0. The Kier molecular flexibility index (Phi) is 10.7. The van der Waals surface area contributed by atoms with Crippen molar-refractivity contribution in [2.24, 2.45) is 5.92 Å². The van der Waals surface area contributed by atoms with Gasteiger partial charge in [-0.2, -0.15) is 19.0 Å². The van der Waals surface area contributed by atoms with Crippen molar-refractivity contribution in [2.75, 3.05) is 24.2 Å². The van der Waals surface area contributed by atoms with E-state index in [9.17, 15) is 39.2 Å². The lowest BCUT2D eigenvalue weighted by Crippen LogP contribution is -2.35. The molecule has 1 saturated heterocycles. The fourth-order valence-electron chi connectivity index (χ4n) is 8.58. The number of aromatic nitrogens is 5. The summed E-state index contributed by atoms with van der Waals surface area (Å²) in [7, 11) is -7.60. The maximum atomic E-state index is 15.6. The molecule has 1 amide bonds. The fourth-order valence-corrected chi connectivity index (χ4v) is 11.1. The van der Waals surface area contributed by atoms with E-state index in [4.69, 9.17) is 21.3 Å². The molecule has 3 atom stereocenters. The third-order valence-electron chi connectivity index (χ3n) is 11.9. The molecule has 13 nitrogen and oxygen atoms in total. The number of carbonyl (C=O) groups is 1. The highest BCUT2D eigenvalue weighted by molar-refractivity contribution is 7.93. The fraction of sp³-hybridized carbons (Fsp3) is 0.429. The number of sulfonamides is 1. The number of amides is 1. The zero-order valence-electron chi connectivity index (χ0n) is 34.1. The van der Waals surface area contributed by atoms with Crippen LogP contribution >= 0.6 is 11.6 Å². The molecular formula is C42H38ClF6N7O6S2. The number of hydrogen-bond acceptors (Lipinski definition) is 9. The van der Waals surface area contributed by atoms with Gasteiger partial charge >= 0.3 is 0 Å². The number of rotatable bonds is 13. The van der Waals surface area contributed by atoms with Crippen molar-refractivity contribution in [2.45, 2.75) is 86.4 Å². The molecule has 9 rings (SSSR count). The molecule has 2 aromatic carbocycles. The number of anilines is 1. The molecular weight excluding hydrogens is 912 g/mol. The van der Waals surface area contributed by atoms with Crippen molar-refractivity contribution >= 4 is 54.1 Å². The number of nitrogens with one attached hydrogen (secondary N) is 2. The molecule has 0 spiro atoms. The van der Waals surface area contributed by atoms with Crippen molar-refractivity contribution < 1.29 is 52.7 Å². The van der Waals surface area contributed by atoms with Gasteiger partial charge in [-0.15, -0.1) is 0 Å². The number of hydrogen-bond donors (Lipinski definition) is 2. The van der Waals surface area contributed by atoms with Gasteiger partial charge in [-0.1, -0.05) is 23.6 Å². The van der Waals surface area contributed by atoms with Crippen LogP contribution in [0, 0.1) is 29.4 Å². The molecule has 338 valence electrons. The van der Waals surface area contributed by atoms with Gasteiger partial charge in [0.15, 0.2) is 15.7 Å². The van der Waals surface area contributed by atoms with Gasteiger partial charge in [0.2, 0.25) is 15.9 Å². The Morgan fingerprint density at radius 2 is 1.70 bits per heavy atom. The Morgan fingerprint density at radius 1 is 1.02 bits per heavy atom. The second kappa shape index (κ2) is 15.5. The number of benzene rings is 2. The van der Waals surface area contributed by atoms with Gasteiger partial charge in [-0.25, -0.2) is 39.4 Å². The van der Waals surface area contributed by atoms with Gasteiger partial charge in [0.1, 0.15) is 40.0 Å². The zero-order valence-corrected chi connectivity index (χ0v) is 36.5. The minimum atomic E-state index is -3.91. The van der Waals surface area contributed by atoms with Gasteiger partial charge in [-0.3, -0.25) is 18.9 Å². The SMILES string of the molecule is CC(C)(C#Cc1ccc(-c2ccc(Cl)c3c(NS(C)(=O)=O)nn(C4COC4)c23)c([C@H](Cc2cc(F)cc(F)c2)NC(=O)Cn2nc(C(F)F)c3c2C(F)(F)[C@@H]2CC32)n1)S(=O)(=O)C1CC1. The summed E-state index contributed by atoms with van der Waals surface area (Å²) in [5, 5.41) is 10.8. The average Bonchev–Trinajstić information content (AvgIpc) is 4.09. The van der Waals surface area contributed by atoms with Gasteiger partial charge in [0, 0.05) is 28.7 Å². The molecule has 4 aliphatic rings. The van der Waals surface area contributed by atoms with Gasteiger partial charge in [0.25, 0.3) is 12.3 Å². The number of sulfone groups is 1. The highest BCUT2D eigenvalue weighted by atomic mass is 35.5. The molecule has 3 aromatic heterocycles. The summed E-state index contributed by atoms with van der Waals surface area (Å²) in [5.41, 5.74) is -1.10. The topological polar surface area (TPSA) is 167 Å². The number of carbonyl (C=O) groups excluding carboxylic acids is 1. The number of ether oxygens (including phenoxy) is 1. The quantitative estimate of drug-likeness (QED) is 0.0923. The first-order valence-electron chi connectivity index (χ1n) is 20.1. The van der Waals surface area contributed by atoms with E-state index in [1.807, 2.05) is 0 Å². The van der Waals surface area contributed by atoms with Crippen LogP contribution in [-0.2, 0) is 48.3 Å². The van der Waals surface area contributed by atoms with Crippen LogP contribution in [0.4, 0.5) is 32.2 Å². The second-order valence-corrected chi connectivity index (χ2v) is 22.0. The van der Waals surface area contributed by atoms with Crippen LogP contribution < -0.4 is 10.0 Å². The van der Waals surface area contributed by atoms with Crippen molar-refractivity contribution in [3.05, 3.63) is 93.0 Å². The number of nitrogens with zero attached hydrogens (tertiary/aromatic N) is 5. The van der Waals surface area contributed by atoms with E-state index in [0.29, 0.717) is 34.7 Å². The molecule has 3 aliphatic carbocycles. The normalized spacial score (nSPS) is 19.7. The van der Waals surface area contributed by atoms with E-state index >= 15 is 8.78 Å². The summed E-state index contributed by atoms with van der Waals surface area (Å²) in [6.45, 7) is 2.34. The van der Waals surface area contributed by atoms with Crippen LogP contribution in [0.3, 0.4) is 0 Å². The number of alkyl halides is 4. The number of pyridine rings is 1. The van der Waals surface area contributed by atoms with Gasteiger partial charge < -0.3 is 10.1 Å². The van der Waals surface area contributed by atoms with Gasteiger partial charge in [-0.05, 0) is 87.3 Å². The molecule has 1 unspecified atom stereocenters. The highest BCUT2D eigenvalue weighted by Gasteiger charge is 2.67. The lowest BCUT2D eigenvalue weighted by atomic mass is 9.93. The zero-order chi connectivity index (χ0) is 45.8. The molecule has 5 aromatic rings. The van der Waals surface area contributed by atoms with Crippen LogP contribution in [0.1, 0.15) is 91.4 Å². The molecule has 2 N–H and O–H groups in total. The molecule has 0 bridgehead atoms. The largest absolute Gasteiger partial charge is 0.377 e. The van der Waals surface area contributed by atoms with Gasteiger partial charge in [0.05, 0.1) is 58.4 Å². The smallest absolute Gasteiger partial charge is 0.293 e. The van der Waals surface area contributed by atoms with Crippen LogP contribution in [0.25, 0.3) is 22.0 Å². The Labute approximate surface area is 367 Å². The molecule has 64 heavy (non-hydrogen) atoms. The van der Waals surface area contributed by atoms with Crippen molar-refractivity contribution in [3.8, 4) is 23.0 Å². The van der Waals surface area contributed by atoms with Crippen LogP contribution in [-0.4, -0.2) is 76.8 Å². The molecule has 4 heterocycles. The van der Waals surface area contributed by atoms with Crippen molar-refractivity contribution in [1.82, 2.24) is 29.9 Å². The third kappa shape index (κ3) is 7.89. The summed E-state index contributed by atoms with van der Waals surface area (Å²) in [5.74, 6) is -2.98.